The van der Waals surface area contributed by atoms with Crippen LogP contribution in [0.2, 0.25) is 0 Å². The van der Waals surface area contributed by atoms with Gasteiger partial charge in [-0.3, -0.25) is 0 Å². The van der Waals surface area contributed by atoms with Crippen molar-refractivity contribution in [1.29, 1.82) is 0 Å². The summed E-state index contributed by atoms with van der Waals surface area (Å²) in [5.74, 6) is 0.560. The van der Waals surface area contributed by atoms with Crippen LogP contribution in [-0.4, -0.2) is 7.11 Å². The van der Waals surface area contributed by atoms with Crippen LogP contribution in [0.3, 0.4) is 0 Å². The van der Waals surface area contributed by atoms with Crippen molar-refractivity contribution in [2.24, 2.45) is 5.92 Å². The Kier molecular flexibility index (Phi) is 2.80. The first-order chi connectivity index (χ1) is 6.72. The molecule has 0 bridgehead atoms. The van der Waals surface area contributed by atoms with Crippen LogP contribution in [-0.2, 0) is 17.8 Å². The Hall–Kier alpha value is -0.530. The number of halogens is 1. The lowest BCUT2D eigenvalue weighted by Crippen LogP contribution is -1.95. The molecule has 0 heterocycles. The number of alkyl halides is 1. The maximum atomic E-state index is 6.32. The van der Waals surface area contributed by atoms with Crippen molar-refractivity contribution in [3.05, 3.63) is 34.9 Å². The first kappa shape index (κ1) is 10.0. The molecule has 0 N–H and O–H groups in total. The molecule has 0 spiro atoms. The largest absolute Gasteiger partial charge is 0.380 e. The van der Waals surface area contributed by atoms with Crippen molar-refractivity contribution >= 4 is 11.6 Å². The molecule has 0 saturated carbocycles. The quantitative estimate of drug-likeness (QED) is 0.681. The van der Waals surface area contributed by atoms with Crippen LogP contribution < -0.4 is 0 Å². The molecule has 76 valence electrons. The Morgan fingerprint density at radius 3 is 3.00 bits per heavy atom. The highest BCUT2D eigenvalue weighted by Crippen LogP contribution is 2.40. The average molecular weight is 211 g/mol. The van der Waals surface area contributed by atoms with Crippen LogP contribution >= 0.6 is 11.6 Å². The van der Waals surface area contributed by atoms with Gasteiger partial charge in [0, 0.05) is 7.11 Å². The highest BCUT2D eigenvalue weighted by Gasteiger charge is 2.27. The number of ether oxygens (including phenoxy) is 1. The minimum Gasteiger partial charge on any atom is -0.380 e. The molecule has 1 aliphatic rings. The first-order valence-electron chi connectivity index (χ1n) is 4.97. The summed E-state index contributed by atoms with van der Waals surface area (Å²) in [4.78, 5) is 0. The van der Waals surface area contributed by atoms with Crippen molar-refractivity contribution < 1.29 is 4.74 Å². The number of hydrogen-bond donors (Lipinski definition) is 0. The van der Waals surface area contributed by atoms with Crippen molar-refractivity contribution in [1.82, 2.24) is 0 Å². The van der Waals surface area contributed by atoms with Gasteiger partial charge in [0.2, 0.25) is 0 Å². The molecule has 2 rings (SSSR count). The predicted molar refractivity (Wildman–Crippen MR) is 58.6 cm³/mol. The van der Waals surface area contributed by atoms with Crippen LogP contribution in [0.1, 0.15) is 29.0 Å². The fourth-order valence-electron chi connectivity index (χ4n) is 2.10. The Morgan fingerprint density at radius 1 is 1.50 bits per heavy atom. The SMILES string of the molecule is COCc1ccc2c(c1)C(Cl)C(C)C2. The molecule has 0 fully saturated rings. The van der Waals surface area contributed by atoms with Gasteiger partial charge < -0.3 is 4.74 Å². The summed E-state index contributed by atoms with van der Waals surface area (Å²) in [6, 6.07) is 6.49. The maximum absolute atomic E-state index is 6.32. The Morgan fingerprint density at radius 2 is 2.29 bits per heavy atom. The maximum Gasteiger partial charge on any atom is 0.0713 e. The summed E-state index contributed by atoms with van der Waals surface area (Å²) in [5.41, 5.74) is 3.91. The van der Waals surface area contributed by atoms with Crippen LogP contribution in [0.15, 0.2) is 18.2 Å². The lowest BCUT2D eigenvalue weighted by Gasteiger charge is -2.08. The van der Waals surface area contributed by atoms with Crippen molar-refractivity contribution in [2.75, 3.05) is 7.11 Å². The molecule has 0 aliphatic heterocycles. The molecule has 2 heteroatoms. The molecule has 1 aromatic rings. The molecule has 14 heavy (non-hydrogen) atoms. The van der Waals surface area contributed by atoms with Gasteiger partial charge in [-0.1, -0.05) is 25.1 Å². The molecule has 1 aliphatic carbocycles. The lowest BCUT2D eigenvalue weighted by molar-refractivity contribution is 0.185. The van der Waals surface area contributed by atoms with E-state index in [-0.39, 0.29) is 5.38 Å². The second kappa shape index (κ2) is 3.92. The summed E-state index contributed by atoms with van der Waals surface area (Å²) in [5, 5.41) is 0.182. The zero-order valence-corrected chi connectivity index (χ0v) is 9.34. The van der Waals surface area contributed by atoms with E-state index in [0.717, 1.165) is 6.42 Å². The van der Waals surface area contributed by atoms with E-state index in [9.17, 15) is 0 Å². The predicted octanol–water partition coefficient (Wildman–Crippen LogP) is 3.31. The average Bonchev–Trinajstić information content (AvgIpc) is 2.45. The van der Waals surface area contributed by atoms with Crippen molar-refractivity contribution in [3.8, 4) is 0 Å². The molecule has 1 aromatic carbocycles. The van der Waals surface area contributed by atoms with Gasteiger partial charge >= 0.3 is 0 Å². The number of rotatable bonds is 2. The Bertz CT molecular complexity index is 335. The van der Waals surface area contributed by atoms with E-state index in [4.69, 9.17) is 16.3 Å². The minimum atomic E-state index is 0.182. The van der Waals surface area contributed by atoms with Gasteiger partial charge in [0.15, 0.2) is 0 Å². The second-order valence-electron chi connectivity index (χ2n) is 4.05. The van der Waals surface area contributed by atoms with Gasteiger partial charge in [-0.15, -0.1) is 11.6 Å². The molecule has 0 radical (unpaired) electrons. The summed E-state index contributed by atoms with van der Waals surface area (Å²) in [6.45, 7) is 2.87. The van der Waals surface area contributed by atoms with Crippen molar-refractivity contribution in [3.63, 3.8) is 0 Å². The van der Waals surface area contributed by atoms with Gasteiger partial charge in [-0.2, -0.15) is 0 Å². The second-order valence-corrected chi connectivity index (χ2v) is 4.52. The third-order valence-corrected chi connectivity index (χ3v) is 3.53. The van der Waals surface area contributed by atoms with E-state index in [1.807, 2.05) is 0 Å². The fraction of sp³-hybridized carbons (Fsp3) is 0.500. The fourth-order valence-corrected chi connectivity index (χ4v) is 2.39. The molecule has 0 amide bonds. The summed E-state index contributed by atoms with van der Waals surface area (Å²) in [7, 11) is 1.72. The summed E-state index contributed by atoms with van der Waals surface area (Å²) >= 11 is 6.32. The van der Waals surface area contributed by atoms with Crippen LogP contribution in [0.5, 0.6) is 0 Å². The zero-order chi connectivity index (χ0) is 10.1. The van der Waals surface area contributed by atoms with E-state index < -0.39 is 0 Å². The van der Waals surface area contributed by atoms with E-state index in [2.05, 4.69) is 25.1 Å². The van der Waals surface area contributed by atoms with E-state index >= 15 is 0 Å². The van der Waals surface area contributed by atoms with E-state index in [0.29, 0.717) is 12.5 Å². The molecule has 2 atom stereocenters. The summed E-state index contributed by atoms with van der Waals surface area (Å²) < 4.78 is 5.11. The van der Waals surface area contributed by atoms with Gasteiger partial charge in [0.1, 0.15) is 0 Å². The number of hydrogen-bond acceptors (Lipinski definition) is 1. The lowest BCUT2D eigenvalue weighted by atomic mass is 10.1. The van der Waals surface area contributed by atoms with E-state index in [1.54, 1.807) is 7.11 Å². The number of benzene rings is 1. The summed E-state index contributed by atoms with van der Waals surface area (Å²) in [6.07, 6.45) is 1.11. The third-order valence-electron chi connectivity index (χ3n) is 2.86. The molecule has 0 saturated heterocycles. The Labute approximate surface area is 90.0 Å². The molecule has 0 aromatic heterocycles. The molecular formula is C12H15ClO. The van der Waals surface area contributed by atoms with Crippen LogP contribution in [0, 0.1) is 5.92 Å². The van der Waals surface area contributed by atoms with Gasteiger partial charge in [-0.05, 0) is 29.0 Å². The topological polar surface area (TPSA) is 9.23 Å². The third kappa shape index (κ3) is 1.67. The van der Waals surface area contributed by atoms with Crippen molar-refractivity contribution in [2.45, 2.75) is 25.3 Å². The highest BCUT2D eigenvalue weighted by atomic mass is 35.5. The van der Waals surface area contributed by atoms with Crippen LogP contribution in [0.4, 0.5) is 0 Å². The molecule has 2 unspecified atom stereocenters. The zero-order valence-electron chi connectivity index (χ0n) is 8.59. The highest BCUT2D eigenvalue weighted by molar-refractivity contribution is 6.21. The standard InChI is InChI=1S/C12H15ClO/c1-8-5-10-4-3-9(7-14-2)6-11(10)12(8)13/h3-4,6,8,12H,5,7H2,1-2H3. The Balaban J connectivity index is 2.31. The van der Waals surface area contributed by atoms with Crippen LogP contribution in [0.25, 0.3) is 0 Å². The normalized spacial score (nSPS) is 25.1. The minimum absolute atomic E-state index is 0.182. The smallest absolute Gasteiger partial charge is 0.0713 e. The first-order valence-corrected chi connectivity index (χ1v) is 5.40. The van der Waals surface area contributed by atoms with E-state index in [1.165, 1.54) is 16.7 Å². The van der Waals surface area contributed by atoms with Gasteiger partial charge in [-0.25, -0.2) is 0 Å². The van der Waals surface area contributed by atoms with Gasteiger partial charge in [0.25, 0.3) is 0 Å². The van der Waals surface area contributed by atoms with Gasteiger partial charge in [0.05, 0.1) is 12.0 Å². The monoisotopic (exact) mass is 210 g/mol. The molecule has 1 nitrogen and oxygen atoms in total. The number of methoxy groups -OCH3 is 1. The number of fused-ring (bicyclic) bond motifs is 1. The molecular weight excluding hydrogens is 196 g/mol.